The summed E-state index contributed by atoms with van der Waals surface area (Å²) in [5.74, 6) is -0.285. The van der Waals surface area contributed by atoms with Gasteiger partial charge in [-0.25, -0.2) is 14.6 Å². The molecule has 3 N–H and O–H groups in total. The van der Waals surface area contributed by atoms with E-state index in [9.17, 15) is 9.59 Å². The molecule has 144 valence electrons. The van der Waals surface area contributed by atoms with E-state index >= 15 is 0 Å². The number of fused-ring (bicyclic) bond motifs is 1. The predicted molar refractivity (Wildman–Crippen MR) is 102 cm³/mol. The number of carboxylic acid groups (broad SMARTS) is 1. The van der Waals surface area contributed by atoms with Crippen LogP contribution < -0.4 is 5.32 Å². The van der Waals surface area contributed by atoms with Gasteiger partial charge in [0.2, 0.25) is 0 Å². The van der Waals surface area contributed by atoms with E-state index in [0.717, 1.165) is 48.4 Å². The number of alkyl carbamates (subject to hydrolysis) is 1. The Morgan fingerprint density at radius 1 is 1.30 bits per heavy atom. The van der Waals surface area contributed by atoms with E-state index in [0.29, 0.717) is 5.82 Å². The van der Waals surface area contributed by atoms with Crippen LogP contribution in [0.4, 0.5) is 4.79 Å². The van der Waals surface area contributed by atoms with Crippen LogP contribution in [0.1, 0.15) is 57.8 Å². The Balaban J connectivity index is 1.90. The summed E-state index contributed by atoms with van der Waals surface area (Å²) >= 11 is 0. The van der Waals surface area contributed by atoms with Gasteiger partial charge in [0.15, 0.2) is 0 Å². The Morgan fingerprint density at radius 3 is 2.63 bits per heavy atom. The normalized spacial score (nSPS) is 16.7. The Labute approximate surface area is 157 Å². The number of carbonyl (C=O) groups is 2. The van der Waals surface area contributed by atoms with Crippen LogP contribution in [0.3, 0.4) is 0 Å². The number of carboxylic acids is 1. The molecule has 1 aromatic carbocycles. The second-order valence-electron chi connectivity index (χ2n) is 7.95. The van der Waals surface area contributed by atoms with E-state index in [2.05, 4.69) is 15.3 Å². The molecule has 2 aromatic rings. The van der Waals surface area contributed by atoms with Crippen molar-refractivity contribution in [2.45, 2.75) is 57.6 Å². The van der Waals surface area contributed by atoms with Crippen molar-refractivity contribution in [1.29, 1.82) is 0 Å². The van der Waals surface area contributed by atoms with Crippen molar-refractivity contribution >= 4 is 29.2 Å². The van der Waals surface area contributed by atoms with Crippen LogP contribution in [0.15, 0.2) is 24.3 Å². The fourth-order valence-electron chi connectivity index (χ4n) is 3.42. The lowest BCUT2D eigenvalue weighted by Gasteiger charge is -2.30. The number of ether oxygens (including phenoxy) is 1. The minimum Gasteiger partial charge on any atom is -0.478 e. The Hall–Kier alpha value is -2.83. The van der Waals surface area contributed by atoms with Crippen LogP contribution in [-0.4, -0.2) is 32.7 Å². The fraction of sp³-hybridized carbons (Fsp3) is 0.450. The van der Waals surface area contributed by atoms with Crippen LogP contribution >= 0.6 is 0 Å². The maximum absolute atomic E-state index is 12.4. The number of imidazole rings is 1. The first-order chi connectivity index (χ1) is 12.7. The summed E-state index contributed by atoms with van der Waals surface area (Å²) in [7, 11) is 0. The number of aliphatic carboxylic acids is 1. The summed E-state index contributed by atoms with van der Waals surface area (Å²) < 4.78 is 5.44. The molecule has 0 saturated heterocycles. The molecule has 0 bridgehead atoms. The summed E-state index contributed by atoms with van der Waals surface area (Å²) in [5, 5.41) is 11.8. The third-order valence-electron chi connectivity index (χ3n) is 4.57. The van der Waals surface area contributed by atoms with Gasteiger partial charge in [0.25, 0.3) is 0 Å². The van der Waals surface area contributed by atoms with Gasteiger partial charge in [-0.3, -0.25) is 0 Å². The molecule has 27 heavy (non-hydrogen) atoms. The molecule has 7 nitrogen and oxygen atoms in total. The van der Waals surface area contributed by atoms with Gasteiger partial charge in [0.1, 0.15) is 17.0 Å². The SMILES string of the molecule is CC(C)(C)OC(=O)NC1(c2nc3ccc(/C=C/C(=O)O)cc3[nH]2)CCCC1. The smallest absolute Gasteiger partial charge is 0.408 e. The number of H-pyrrole nitrogens is 1. The predicted octanol–water partition coefficient (Wildman–Crippen LogP) is 3.95. The Kier molecular flexibility index (Phi) is 4.95. The largest absolute Gasteiger partial charge is 0.478 e. The van der Waals surface area contributed by atoms with Crippen molar-refractivity contribution in [3.8, 4) is 0 Å². The van der Waals surface area contributed by atoms with Crippen molar-refractivity contribution in [3.05, 3.63) is 35.7 Å². The highest BCUT2D eigenvalue weighted by Gasteiger charge is 2.41. The van der Waals surface area contributed by atoms with Crippen LogP contribution in [-0.2, 0) is 15.1 Å². The van der Waals surface area contributed by atoms with Crippen molar-refractivity contribution < 1.29 is 19.4 Å². The molecule has 0 unspecified atom stereocenters. The van der Waals surface area contributed by atoms with Gasteiger partial charge in [-0.2, -0.15) is 0 Å². The first-order valence-corrected chi connectivity index (χ1v) is 9.09. The van der Waals surface area contributed by atoms with E-state index in [4.69, 9.17) is 9.84 Å². The summed E-state index contributed by atoms with van der Waals surface area (Å²) in [6.45, 7) is 5.50. The molecule has 1 aliphatic rings. The first kappa shape index (κ1) is 18.9. The van der Waals surface area contributed by atoms with Crippen LogP contribution in [0.2, 0.25) is 0 Å². The number of nitrogens with one attached hydrogen (secondary N) is 2. The van der Waals surface area contributed by atoms with Crippen molar-refractivity contribution in [3.63, 3.8) is 0 Å². The lowest BCUT2D eigenvalue weighted by atomic mass is 9.97. The number of benzene rings is 1. The number of carbonyl (C=O) groups excluding carboxylic acids is 1. The second-order valence-corrected chi connectivity index (χ2v) is 7.95. The minimum atomic E-state index is -0.994. The summed E-state index contributed by atoms with van der Waals surface area (Å²) in [6, 6.07) is 5.50. The average molecular weight is 371 g/mol. The number of nitrogens with zero attached hydrogens (tertiary/aromatic N) is 1. The number of hydrogen-bond acceptors (Lipinski definition) is 4. The maximum Gasteiger partial charge on any atom is 0.408 e. The molecule has 0 aliphatic heterocycles. The monoisotopic (exact) mass is 371 g/mol. The van der Waals surface area contributed by atoms with Crippen molar-refractivity contribution in [1.82, 2.24) is 15.3 Å². The summed E-state index contributed by atoms with van der Waals surface area (Å²) in [5.41, 5.74) is 1.20. The van der Waals surface area contributed by atoms with Gasteiger partial charge < -0.3 is 20.1 Å². The van der Waals surface area contributed by atoms with Gasteiger partial charge in [0.05, 0.1) is 11.0 Å². The topological polar surface area (TPSA) is 104 Å². The van der Waals surface area contributed by atoms with Crippen molar-refractivity contribution in [2.75, 3.05) is 0 Å². The number of aromatic nitrogens is 2. The lowest BCUT2D eigenvalue weighted by Crippen LogP contribution is -2.46. The molecule has 0 atom stereocenters. The third kappa shape index (κ3) is 4.48. The van der Waals surface area contributed by atoms with Crippen molar-refractivity contribution in [2.24, 2.45) is 0 Å². The molecule has 7 heteroatoms. The number of amides is 1. The summed E-state index contributed by atoms with van der Waals surface area (Å²) in [4.78, 5) is 31.1. The highest BCUT2D eigenvalue weighted by Crippen LogP contribution is 2.38. The molecular formula is C20H25N3O4. The zero-order chi connectivity index (χ0) is 19.7. The average Bonchev–Trinajstić information content (AvgIpc) is 3.17. The molecule has 1 aliphatic carbocycles. The van der Waals surface area contributed by atoms with Crippen LogP contribution in [0, 0.1) is 0 Å². The first-order valence-electron chi connectivity index (χ1n) is 9.09. The Bertz CT molecular complexity index is 886. The van der Waals surface area contributed by atoms with E-state index < -0.39 is 23.2 Å². The molecule has 1 aromatic heterocycles. The molecule has 0 radical (unpaired) electrons. The standard InChI is InChI=1S/C20H25N3O4/c1-19(2,3)27-18(26)23-20(10-4-5-11-20)17-21-14-8-6-13(7-9-16(24)25)12-15(14)22-17/h6-9,12H,4-5,10-11H2,1-3H3,(H,21,22)(H,23,26)(H,24,25)/b9-7+. The van der Waals surface area contributed by atoms with E-state index in [1.165, 1.54) is 6.08 Å². The third-order valence-corrected chi connectivity index (χ3v) is 4.57. The molecule has 1 heterocycles. The maximum atomic E-state index is 12.4. The van der Waals surface area contributed by atoms with Gasteiger partial charge in [0, 0.05) is 6.08 Å². The molecule has 1 amide bonds. The van der Waals surface area contributed by atoms with Gasteiger partial charge >= 0.3 is 12.1 Å². The molecule has 0 spiro atoms. The summed E-state index contributed by atoms with van der Waals surface area (Å²) in [6.07, 6.45) is 5.76. The van der Waals surface area contributed by atoms with Crippen LogP contribution in [0.25, 0.3) is 17.1 Å². The molecule has 3 rings (SSSR count). The highest BCUT2D eigenvalue weighted by molar-refractivity contribution is 5.87. The molecular weight excluding hydrogens is 346 g/mol. The van der Waals surface area contributed by atoms with Gasteiger partial charge in [-0.1, -0.05) is 18.9 Å². The zero-order valence-corrected chi connectivity index (χ0v) is 15.8. The van der Waals surface area contributed by atoms with E-state index in [-0.39, 0.29) is 0 Å². The molecule has 1 fully saturated rings. The van der Waals surface area contributed by atoms with Gasteiger partial charge in [-0.05, 0) is 57.4 Å². The quantitative estimate of drug-likeness (QED) is 0.706. The molecule has 1 saturated carbocycles. The number of hydrogen-bond donors (Lipinski definition) is 3. The Morgan fingerprint density at radius 2 is 2.00 bits per heavy atom. The van der Waals surface area contributed by atoms with Crippen LogP contribution in [0.5, 0.6) is 0 Å². The van der Waals surface area contributed by atoms with E-state index in [1.807, 2.05) is 39.0 Å². The number of rotatable bonds is 4. The second kappa shape index (κ2) is 7.06. The van der Waals surface area contributed by atoms with Gasteiger partial charge in [-0.15, -0.1) is 0 Å². The highest BCUT2D eigenvalue weighted by atomic mass is 16.6. The minimum absolute atomic E-state index is 0.449. The zero-order valence-electron chi connectivity index (χ0n) is 15.8. The van der Waals surface area contributed by atoms with E-state index in [1.54, 1.807) is 0 Å². The number of aromatic amines is 1. The lowest BCUT2D eigenvalue weighted by molar-refractivity contribution is -0.131. The fourth-order valence-corrected chi connectivity index (χ4v) is 3.42.